The zero-order valence-electron chi connectivity index (χ0n) is 8.65. The maximum Gasteiger partial charge on any atom is -0.0211 e. The summed E-state index contributed by atoms with van der Waals surface area (Å²) in [5.74, 6) is 2.27. The molecule has 0 aromatic rings. The van der Waals surface area contributed by atoms with Gasteiger partial charge in [0.25, 0.3) is 0 Å². The second kappa shape index (κ2) is 4.58. The van der Waals surface area contributed by atoms with Crippen molar-refractivity contribution in [3.8, 4) is 0 Å². The van der Waals surface area contributed by atoms with Gasteiger partial charge in [0, 0.05) is 0 Å². The third-order valence-corrected chi connectivity index (χ3v) is 2.47. The van der Waals surface area contributed by atoms with Crippen LogP contribution in [0.2, 0.25) is 0 Å². The van der Waals surface area contributed by atoms with Gasteiger partial charge in [-0.15, -0.1) is 0 Å². The van der Waals surface area contributed by atoms with E-state index in [0.717, 1.165) is 11.8 Å². The monoisotopic (exact) mass is 154 g/mol. The molecule has 0 rings (SSSR count). The normalized spacial score (nSPS) is 16.5. The van der Waals surface area contributed by atoms with Crippen LogP contribution in [0, 0.1) is 17.8 Å². The molecule has 0 saturated heterocycles. The third kappa shape index (κ3) is 4.23. The fourth-order valence-electron chi connectivity index (χ4n) is 1.43. The van der Waals surface area contributed by atoms with Crippen molar-refractivity contribution in [2.24, 2.45) is 17.8 Å². The number of hydrogen-bond donors (Lipinski definition) is 0. The first-order chi connectivity index (χ1) is 4.95. The maximum atomic E-state index is 3.98. The van der Waals surface area contributed by atoms with E-state index in [0.29, 0.717) is 5.92 Å². The molecular weight excluding hydrogens is 132 g/mol. The molecule has 0 nitrogen and oxygen atoms in total. The van der Waals surface area contributed by atoms with Crippen LogP contribution in [-0.2, 0) is 0 Å². The van der Waals surface area contributed by atoms with E-state index in [1.54, 1.807) is 0 Å². The smallest absolute Gasteiger partial charge is 0.0211 e. The Morgan fingerprint density at radius 1 is 1.18 bits per heavy atom. The van der Waals surface area contributed by atoms with Gasteiger partial charge in [0.1, 0.15) is 0 Å². The maximum absolute atomic E-state index is 3.98. The Labute approximate surface area is 71.7 Å². The van der Waals surface area contributed by atoms with Crippen molar-refractivity contribution < 1.29 is 0 Å². The minimum atomic E-state index is 0.678. The molecule has 0 aliphatic heterocycles. The van der Waals surface area contributed by atoms with Gasteiger partial charge in [-0.2, -0.15) is 0 Å². The Bertz CT molecular complexity index is 122. The molecule has 0 fully saturated rings. The molecule has 0 radical (unpaired) electrons. The molecule has 0 heteroatoms. The van der Waals surface area contributed by atoms with Crippen molar-refractivity contribution in [2.75, 3.05) is 0 Å². The first-order valence-corrected chi connectivity index (χ1v) is 4.60. The molecule has 0 aromatic carbocycles. The summed E-state index contributed by atoms with van der Waals surface area (Å²) in [6.45, 7) is 15.3. The van der Waals surface area contributed by atoms with Gasteiger partial charge < -0.3 is 0 Å². The molecule has 2 atom stereocenters. The van der Waals surface area contributed by atoms with Gasteiger partial charge in [-0.05, 0) is 31.1 Å². The molecule has 0 bridgehead atoms. The largest absolute Gasteiger partial charge is 0.0999 e. The zero-order chi connectivity index (χ0) is 9.02. The topological polar surface area (TPSA) is 0 Å². The molecule has 0 saturated carbocycles. The Kier molecular flexibility index (Phi) is 4.48. The number of hydrogen-bond acceptors (Lipinski definition) is 0. The minimum absolute atomic E-state index is 0.678. The van der Waals surface area contributed by atoms with Gasteiger partial charge in [-0.3, -0.25) is 0 Å². The van der Waals surface area contributed by atoms with Crippen LogP contribution in [0.15, 0.2) is 12.2 Å². The molecule has 0 aromatic heterocycles. The number of allylic oxidation sites excluding steroid dienone is 1. The number of rotatable bonds is 4. The summed E-state index contributed by atoms with van der Waals surface area (Å²) in [4.78, 5) is 0. The first-order valence-electron chi connectivity index (χ1n) is 4.60. The van der Waals surface area contributed by atoms with E-state index in [1.807, 2.05) is 0 Å². The van der Waals surface area contributed by atoms with E-state index in [1.165, 1.54) is 12.0 Å². The summed E-state index contributed by atoms with van der Waals surface area (Å²) >= 11 is 0. The Morgan fingerprint density at radius 3 is 1.91 bits per heavy atom. The quantitative estimate of drug-likeness (QED) is 0.539. The molecule has 0 heterocycles. The van der Waals surface area contributed by atoms with E-state index in [-0.39, 0.29) is 0 Å². The van der Waals surface area contributed by atoms with Gasteiger partial charge in [0.2, 0.25) is 0 Å². The molecule has 66 valence electrons. The lowest BCUT2D eigenvalue weighted by molar-refractivity contribution is 0.358. The standard InChI is InChI=1S/C11H22/c1-8(2)7-10(5)11(6)9(3)4/h8,10-11H,3,7H2,1-2,4-6H3. The SMILES string of the molecule is C=C(C)C(C)C(C)CC(C)C. The van der Waals surface area contributed by atoms with Gasteiger partial charge in [-0.1, -0.05) is 39.8 Å². The summed E-state index contributed by atoms with van der Waals surface area (Å²) in [5.41, 5.74) is 1.32. The summed E-state index contributed by atoms with van der Waals surface area (Å²) in [7, 11) is 0. The lowest BCUT2D eigenvalue weighted by Crippen LogP contribution is -2.11. The van der Waals surface area contributed by atoms with E-state index in [4.69, 9.17) is 0 Å². The van der Waals surface area contributed by atoms with Crippen molar-refractivity contribution >= 4 is 0 Å². The van der Waals surface area contributed by atoms with E-state index in [2.05, 4.69) is 41.2 Å². The highest BCUT2D eigenvalue weighted by Crippen LogP contribution is 2.24. The highest BCUT2D eigenvalue weighted by atomic mass is 14.2. The average molecular weight is 154 g/mol. The van der Waals surface area contributed by atoms with Crippen LogP contribution in [0.1, 0.15) is 41.0 Å². The van der Waals surface area contributed by atoms with Crippen LogP contribution >= 0.6 is 0 Å². The second-order valence-electron chi connectivity index (χ2n) is 4.24. The van der Waals surface area contributed by atoms with E-state index >= 15 is 0 Å². The van der Waals surface area contributed by atoms with Crippen LogP contribution in [0.25, 0.3) is 0 Å². The van der Waals surface area contributed by atoms with E-state index in [9.17, 15) is 0 Å². The lowest BCUT2D eigenvalue weighted by atomic mass is 9.84. The van der Waals surface area contributed by atoms with Crippen molar-refractivity contribution in [2.45, 2.75) is 41.0 Å². The highest BCUT2D eigenvalue weighted by Gasteiger charge is 2.13. The van der Waals surface area contributed by atoms with Gasteiger partial charge in [0.15, 0.2) is 0 Å². The highest BCUT2D eigenvalue weighted by molar-refractivity contribution is 4.95. The zero-order valence-corrected chi connectivity index (χ0v) is 8.65. The molecule has 0 amide bonds. The fourth-order valence-corrected chi connectivity index (χ4v) is 1.43. The molecule has 0 spiro atoms. The molecule has 0 N–H and O–H groups in total. The Hall–Kier alpha value is -0.260. The van der Waals surface area contributed by atoms with Gasteiger partial charge in [0.05, 0.1) is 0 Å². The summed E-state index contributed by atoms with van der Waals surface area (Å²) in [5, 5.41) is 0. The van der Waals surface area contributed by atoms with Crippen molar-refractivity contribution in [1.82, 2.24) is 0 Å². The minimum Gasteiger partial charge on any atom is -0.0999 e. The van der Waals surface area contributed by atoms with Gasteiger partial charge in [-0.25, -0.2) is 0 Å². The van der Waals surface area contributed by atoms with Crippen molar-refractivity contribution in [3.05, 3.63) is 12.2 Å². The Morgan fingerprint density at radius 2 is 1.64 bits per heavy atom. The third-order valence-electron chi connectivity index (χ3n) is 2.47. The van der Waals surface area contributed by atoms with Crippen LogP contribution in [0.5, 0.6) is 0 Å². The fraction of sp³-hybridized carbons (Fsp3) is 0.818. The summed E-state index contributed by atoms with van der Waals surface area (Å²) in [6, 6.07) is 0. The summed E-state index contributed by atoms with van der Waals surface area (Å²) < 4.78 is 0. The second-order valence-corrected chi connectivity index (χ2v) is 4.24. The van der Waals surface area contributed by atoms with Crippen LogP contribution < -0.4 is 0 Å². The van der Waals surface area contributed by atoms with Crippen molar-refractivity contribution in [3.63, 3.8) is 0 Å². The molecule has 11 heavy (non-hydrogen) atoms. The Balaban J connectivity index is 3.82. The first kappa shape index (κ1) is 10.7. The molecule has 0 aliphatic rings. The molecule has 0 aliphatic carbocycles. The molecule has 2 unspecified atom stereocenters. The van der Waals surface area contributed by atoms with Crippen LogP contribution in [0.4, 0.5) is 0 Å². The van der Waals surface area contributed by atoms with Crippen LogP contribution in [-0.4, -0.2) is 0 Å². The lowest BCUT2D eigenvalue weighted by Gasteiger charge is -2.21. The van der Waals surface area contributed by atoms with E-state index < -0.39 is 0 Å². The summed E-state index contributed by atoms with van der Waals surface area (Å²) in [6.07, 6.45) is 1.31. The van der Waals surface area contributed by atoms with Crippen LogP contribution in [0.3, 0.4) is 0 Å². The predicted octanol–water partition coefficient (Wildman–Crippen LogP) is 3.88. The molecular formula is C11H22. The average Bonchev–Trinajstić information content (AvgIpc) is 1.84. The van der Waals surface area contributed by atoms with Gasteiger partial charge >= 0.3 is 0 Å². The predicted molar refractivity (Wildman–Crippen MR) is 52.6 cm³/mol. The van der Waals surface area contributed by atoms with Crippen molar-refractivity contribution in [1.29, 1.82) is 0 Å².